The number of hydrogen-bond donors (Lipinski definition) is 2. The predicted molar refractivity (Wildman–Crippen MR) is 104 cm³/mol. The summed E-state index contributed by atoms with van der Waals surface area (Å²) in [6.07, 6.45) is 2.83. The molecule has 7 nitrogen and oxygen atoms in total. The van der Waals surface area contributed by atoms with Gasteiger partial charge in [-0.2, -0.15) is 0 Å². The van der Waals surface area contributed by atoms with Crippen LogP contribution in [0.3, 0.4) is 0 Å². The van der Waals surface area contributed by atoms with E-state index in [2.05, 4.69) is 17.3 Å². The van der Waals surface area contributed by atoms with E-state index in [0.29, 0.717) is 19.0 Å². The highest BCUT2D eigenvalue weighted by Crippen LogP contribution is 2.32. The van der Waals surface area contributed by atoms with E-state index in [1.54, 1.807) is 25.7 Å². The number of nitrogens with zero attached hydrogens (tertiary/aromatic N) is 2. The molecular formula is C20H37N3O4. The third kappa shape index (κ3) is 6.64. The number of piperidine rings is 2. The lowest BCUT2D eigenvalue weighted by Gasteiger charge is -2.40. The number of aliphatic hydroxyl groups excluding tert-OH is 1. The molecule has 2 rings (SSSR count). The molecule has 0 bridgehead atoms. The molecule has 2 amide bonds. The Labute approximate surface area is 163 Å². The maximum atomic E-state index is 12.9. The smallest absolute Gasteiger partial charge is 0.408 e. The van der Waals surface area contributed by atoms with Crippen LogP contribution in [0.25, 0.3) is 0 Å². The summed E-state index contributed by atoms with van der Waals surface area (Å²) in [6.45, 7) is 10.5. The predicted octanol–water partition coefficient (Wildman–Crippen LogP) is 1.84. The molecule has 0 aromatic carbocycles. The number of ether oxygens (including phenoxy) is 1. The third-order valence-electron chi connectivity index (χ3n) is 5.70. The van der Waals surface area contributed by atoms with Crippen LogP contribution in [0.1, 0.15) is 53.4 Å². The Kier molecular flexibility index (Phi) is 7.51. The monoisotopic (exact) mass is 383 g/mol. The fourth-order valence-corrected chi connectivity index (χ4v) is 4.11. The summed E-state index contributed by atoms with van der Waals surface area (Å²) >= 11 is 0. The lowest BCUT2D eigenvalue weighted by atomic mass is 9.79. The first-order chi connectivity index (χ1) is 12.6. The zero-order chi connectivity index (χ0) is 20.2. The van der Waals surface area contributed by atoms with Crippen molar-refractivity contribution in [2.24, 2.45) is 11.8 Å². The number of alkyl carbamates (subject to hydrolysis) is 1. The highest BCUT2D eigenvalue weighted by molar-refractivity contribution is 5.86. The van der Waals surface area contributed by atoms with Crippen molar-refractivity contribution in [1.82, 2.24) is 15.1 Å². The molecule has 2 aliphatic heterocycles. The lowest BCUT2D eigenvalue weighted by Crippen LogP contribution is -2.56. The fourth-order valence-electron chi connectivity index (χ4n) is 4.11. The molecule has 2 saturated heterocycles. The van der Waals surface area contributed by atoms with Crippen molar-refractivity contribution >= 4 is 12.0 Å². The summed E-state index contributed by atoms with van der Waals surface area (Å²) in [5.41, 5.74) is -0.650. The van der Waals surface area contributed by atoms with Crippen LogP contribution in [0.2, 0.25) is 0 Å². The number of carbonyl (C=O) groups is 2. The summed E-state index contributed by atoms with van der Waals surface area (Å²) in [5, 5.41) is 12.6. The van der Waals surface area contributed by atoms with Gasteiger partial charge in [0.15, 0.2) is 0 Å². The highest BCUT2D eigenvalue weighted by Gasteiger charge is 2.35. The molecule has 2 atom stereocenters. The number of aliphatic hydroxyl groups is 1. The molecule has 0 radical (unpaired) electrons. The quantitative estimate of drug-likeness (QED) is 0.774. The summed E-state index contributed by atoms with van der Waals surface area (Å²) in [6, 6.07) is -0.972. The van der Waals surface area contributed by atoms with Gasteiger partial charge < -0.3 is 25.0 Å². The molecule has 2 heterocycles. The van der Waals surface area contributed by atoms with Gasteiger partial charge in [0.2, 0.25) is 5.91 Å². The van der Waals surface area contributed by atoms with Gasteiger partial charge in [-0.25, -0.2) is 4.79 Å². The Hall–Kier alpha value is -1.34. The van der Waals surface area contributed by atoms with E-state index in [1.165, 1.54) is 19.8 Å². The molecule has 2 N–H and O–H groups in total. The van der Waals surface area contributed by atoms with Crippen LogP contribution < -0.4 is 5.32 Å². The van der Waals surface area contributed by atoms with Crippen LogP contribution in [-0.4, -0.2) is 77.9 Å². The number of carbonyl (C=O) groups excluding carboxylic acids is 2. The molecule has 7 heteroatoms. The molecule has 0 aromatic heterocycles. The minimum atomic E-state index is -0.975. The van der Waals surface area contributed by atoms with Gasteiger partial charge in [-0.15, -0.1) is 0 Å². The van der Waals surface area contributed by atoms with Gasteiger partial charge in [-0.3, -0.25) is 4.79 Å². The first-order valence-electron chi connectivity index (χ1n) is 10.2. The molecule has 0 unspecified atom stereocenters. The van der Waals surface area contributed by atoms with Crippen LogP contribution >= 0.6 is 0 Å². The van der Waals surface area contributed by atoms with Crippen LogP contribution in [0.5, 0.6) is 0 Å². The first-order valence-corrected chi connectivity index (χ1v) is 10.2. The van der Waals surface area contributed by atoms with Crippen molar-refractivity contribution in [2.75, 3.05) is 33.2 Å². The molecule has 0 aliphatic carbocycles. The van der Waals surface area contributed by atoms with E-state index < -0.39 is 23.8 Å². The van der Waals surface area contributed by atoms with Gasteiger partial charge >= 0.3 is 6.09 Å². The molecule has 2 aliphatic rings. The van der Waals surface area contributed by atoms with Crippen molar-refractivity contribution in [1.29, 1.82) is 0 Å². The van der Waals surface area contributed by atoms with E-state index in [-0.39, 0.29) is 5.91 Å². The van der Waals surface area contributed by atoms with Crippen LogP contribution in [0, 0.1) is 11.8 Å². The summed E-state index contributed by atoms with van der Waals surface area (Å²) < 4.78 is 5.23. The normalized spacial score (nSPS) is 23.0. The Balaban J connectivity index is 1.87. The first kappa shape index (κ1) is 22.0. The minimum absolute atomic E-state index is 0.224. The van der Waals surface area contributed by atoms with Crippen molar-refractivity contribution in [2.45, 2.75) is 71.1 Å². The zero-order valence-corrected chi connectivity index (χ0v) is 17.5. The fraction of sp³-hybridized carbons (Fsp3) is 0.900. The summed E-state index contributed by atoms with van der Waals surface area (Å²) in [7, 11) is 2.17. The van der Waals surface area contributed by atoms with Gasteiger partial charge in [-0.05, 0) is 85.4 Å². The lowest BCUT2D eigenvalue weighted by molar-refractivity contribution is -0.137. The zero-order valence-electron chi connectivity index (χ0n) is 17.5. The topological polar surface area (TPSA) is 82.1 Å². The van der Waals surface area contributed by atoms with E-state index in [0.717, 1.165) is 31.8 Å². The van der Waals surface area contributed by atoms with E-state index >= 15 is 0 Å². The maximum Gasteiger partial charge on any atom is 0.408 e. The van der Waals surface area contributed by atoms with Crippen molar-refractivity contribution in [3.8, 4) is 0 Å². The van der Waals surface area contributed by atoms with Crippen LogP contribution in [-0.2, 0) is 9.53 Å². The van der Waals surface area contributed by atoms with Gasteiger partial charge in [0.1, 0.15) is 11.6 Å². The Bertz CT molecular complexity index is 502. The molecule has 0 saturated carbocycles. The van der Waals surface area contributed by atoms with E-state index in [4.69, 9.17) is 4.74 Å². The second kappa shape index (κ2) is 9.24. The largest absolute Gasteiger partial charge is 0.444 e. The van der Waals surface area contributed by atoms with Crippen molar-refractivity contribution in [3.05, 3.63) is 0 Å². The number of hydrogen-bond acceptors (Lipinski definition) is 5. The third-order valence-corrected chi connectivity index (χ3v) is 5.70. The Morgan fingerprint density at radius 2 is 1.52 bits per heavy atom. The number of rotatable bonds is 4. The maximum absolute atomic E-state index is 12.9. The van der Waals surface area contributed by atoms with Crippen LogP contribution in [0.4, 0.5) is 4.79 Å². The Morgan fingerprint density at radius 1 is 1.04 bits per heavy atom. The number of nitrogens with one attached hydrogen (secondary N) is 1. The molecule has 2 fully saturated rings. The SMILES string of the molecule is C[C@@H](O)[C@H](NC(=O)OC(C)(C)C)C(=O)N1CCC(C2CCN(C)CC2)CC1. The van der Waals surface area contributed by atoms with Gasteiger partial charge in [0.25, 0.3) is 0 Å². The molecule has 156 valence electrons. The summed E-state index contributed by atoms with van der Waals surface area (Å²) in [4.78, 5) is 29.0. The van der Waals surface area contributed by atoms with E-state index in [9.17, 15) is 14.7 Å². The Morgan fingerprint density at radius 3 is 1.96 bits per heavy atom. The standard InChI is InChI=1S/C20H37N3O4/c1-14(24)17(21-19(26)27-20(2,3)4)18(25)23-12-8-16(9-13-23)15-6-10-22(5)11-7-15/h14-17,24H,6-13H2,1-5H3,(H,21,26)/t14-,17+/m1/s1. The molecule has 0 spiro atoms. The molecular weight excluding hydrogens is 346 g/mol. The van der Waals surface area contributed by atoms with Crippen molar-refractivity contribution in [3.63, 3.8) is 0 Å². The average Bonchev–Trinajstić information content (AvgIpc) is 2.58. The second-order valence-corrected chi connectivity index (χ2v) is 9.17. The summed E-state index contributed by atoms with van der Waals surface area (Å²) in [5.74, 6) is 1.20. The number of amides is 2. The highest BCUT2D eigenvalue weighted by atomic mass is 16.6. The van der Waals surface area contributed by atoms with Crippen LogP contribution in [0.15, 0.2) is 0 Å². The average molecular weight is 384 g/mol. The van der Waals surface area contributed by atoms with Crippen molar-refractivity contribution < 1.29 is 19.4 Å². The molecule has 0 aromatic rings. The van der Waals surface area contributed by atoms with E-state index in [1.807, 2.05) is 0 Å². The van der Waals surface area contributed by atoms with Gasteiger partial charge in [0, 0.05) is 13.1 Å². The molecule has 27 heavy (non-hydrogen) atoms. The van der Waals surface area contributed by atoms with Gasteiger partial charge in [-0.1, -0.05) is 0 Å². The van der Waals surface area contributed by atoms with Gasteiger partial charge in [0.05, 0.1) is 6.10 Å². The second-order valence-electron chi connectivity index (χ2n) is 9.17. The minimum Gasteiger partial charge on any atom is -0.444 e. The number of likely N-dealkylation sites (tertiary alicyclic amines) is 2.